The van der Waals surface area contributed by atoms with E-state index in [1.165, 1.54) is 24.3 Å². The Morgan fingerprint density at radius 3 is 2.86 bits per heavy atom. The number of fused-ring (bicyclic) bond motifs is 1. The average molecular weight is 387 g/mol. The third kappa shape index (κ3) is 3.33. The van der Waals surface area contributed by atoms with Crippen LogP contribution in [0.4, 0.5) is 0 Å². The van der Waals surface area contributed by atoms with Crippen molar-refractivity contribution >= 4 is 50.2 Å². The van der Waals surface area contributed by atoms with Gasteiger partial charge in [0.1, 0.15) is 0 Å². The molecule has 1 fully saturated rings. The minimum Gasteiger partial charge on any atom is -0.481 e. The number of ether oxygens (including phenoxy) is 1. The van der Waals surface area contributed by atoms with Gasteiger partial charge in [0.2, 0.25) is 5.88 Å². The SMILES string of the molecule is COc1nc2ccc(Br)cc2c(Cl)c1CC1CCSCC1. The van der Waals surface area contributed by atoms with Crippen molar-refractivity contribution < 1.29 is 4.74 Å². The van der Waals surface area contributed by atoms with Crippen LogP contribution in [-0.2, 0) is 6.42 Å². The van der Waals surface area contributed by atoms with Gasteiger partial charge in [-0.15, -0.1) is 0 Å². The second-order valence-corrected chi connectivity index (χ2v) is 7.85. The normalized spacial score (nSPS) is 16.3. The van der Waals surface area contributed by atoms with Crippen LogP contribution in [0.2, 0.25) is 5.02 Å². The van der Waals surface area contributed by atoms with Crippen molar-refractivity contribution in [2.45, 2.75) is 19.3 Å². The zero-order chi connectivity index (χ0) is 14.8. The van der Waals surface area contributed by atoms with Crippen molar-refractivity contribution in [1.82, 2.24) is 4.98 Å². The maximum Gasteiger partial charge on any atom is 0.218 e. The molecule has 0 bridgehead atoms. The van der Waals surface area contributed by atoms with Gasteiger partial charge in [-0.05, 0) is 54.9 Å². The number of pyridine rings is 1. The van der Waals surface area contributed by atoms with Crippen molar-refractivity contribution in [2.75, 3.05) is 18.6 Å². The van der Waals surface area contributed by atoms with E-state index in [1.807, 2.05) is 30.0 Å². The summed E-state index contributed by atoms with van der Waals surface area (Å²) in [6, 6.07) is 5.97. The Hall–Kier alpha value is -0.450. The molecule has 1 aromatic heterocycles. The van der Waals surface area contributed by atoms with Crippen molar-refractivity contribution in [3.8, 4) is 5.88 Å². The number of hydrogen-bond donors (Lipinski definition) is 0. The lowest BCUT2D eigenvalue weighted by Crippen LogP contribution is -2.13. The maximum absolute atomic E-state index is 6.67. The van der Waals surface area contributed by atoms with Crippen LogP contribution in [0.3, 0.4) is 0 Å². The Kier molecular flexibility index (Phi) is 4.97. The molecule has 1 saturated heterocycles. The van der Waals surface area contributed by atoms with Crippen molar-refractivity contribution in [3.63, 3.8) is 0 Å². The van der Waals surface area contributed by atoms with E-state index < -0.39 is 0 Å². The van der Waals surface area contributed by atoms with Gasteiger partial charge in [-0.1, -0.05) is 27.5 Å². The number of hydrogen-bond acceptors (Lipinski definition) is 3. The molecule has 0 unspecified atom stereocenters. The molecule has 0 spiro atoms. The molecule has 2 nitrogen and oxygen atoms in total. The van der Waals surface area contributed by atoms with Crippen LogP contribution in [0.1, 0.15) is 18.4 Å². The molecule has 0 radical (unpaired) electrons. The third-order valence-corrected chi connectivity index (χ3v) is 5.94. The van der Waals surface area contributed by atoms with E-state index in [4.69, 9.17) is 16.3 Å². The summed E-state index contributed by atoms with van der Waals surface area (Å²) >= 11 is 12.2. The van der Waals surface area contributed by atoms with Gasteiger partial charge >= 0.3 is 0 Å². The number of thioether (sulfide) groups is 1. The number of methoxy groups -OCH3 is 1. The number of rotatable bonds is 3. The fourth-order valence-corrected chi connectivity index (χ4v) is 4.67. The molecule has 0 N–H and O–H groups in total. The Bertz CT molecular complexity index is 658. The van der Waals surface area contributed by atoms with E-state index in [1.54, 1.807) is 7.11 Å². The summed E-state index contributed by atoms with van der Waals surface area (Å²) in [5, 5.41) is 1.78. The van der Waals surface area contributed by atoms with Crippen LogP contribution in [0.15, 0.2) is 22.7 Å². The molecule has 1 aromatic carbocycles. The summed E-state index contributed by atoms with van der Waals surface area (Å²) < 4.78 is 6.51. The lowest BCUT2D eigenvalue weighted by molar-refractivity contribution is 0.386. The van der Waals surface area contributed by atoms with Gasteiger partial charge < -0.3 is 4.74 Å². The molecule has 1 aliphatic rings. The summed E-state index contributed by atoms with van der Waals surface area (Å²) in [6.45, 7) is 0. The van der Waals surface area contributed by atoms with E-state index in [9.17, 15) is 0 Å². The standard InChI is InChI=1S/C16H17BrClNOS/c1-20-16-13(8-10-4-6-21-7-5-10)15(18)12-9-11(17)2-3-14(12)19-16/h2-3,9-10H,4-8H2,1H3. The molecule has 0 aliphatic carbocycles. The molecular weight excluding hydrogens is 370 g/mol. The average Bonchev–Trinajstić information content (AvgIpc) is 2.51. The van der Waals surface area contributed by atoms with E-state index in [-0.39, 0.29) is 0 Å². The van der Waals surface area contributed by atoms with E-state index in [0.717, 1.165) is 32.4 Å². The maximum atomic E-state index is 6.67. The van der Waals surface area contributed by atoms with Crippen LogP contribution in [0, 0.1) is 5.92 Å². The molecule has 0 amide bonds. The van der Waals surface area contributed by atoms with Crippen molar-refractivity contribution in [1.29, 1.82) is 0 Å². The predicted octanol–water partition coefficient (Wildman–Crippen LogP) is 5.35. The first-order valence-corrected chi connectivity index (χ1v) is 9.41. The lowest BCUT2D eigenvalue weighted by atomic mass is 9.94. The highest BCUT2D eigenvalue weighted by Gasteiger charge is 2.21. The monoisotopic (exact) mass is 385 g/mol. The van der Waals surface area contributed by atoms with Gasteiger partial charge in [0.15, 0.2) is 0 Å². The lowest BCUT2D eigenvalue weighted by Gasteiger charge is -2.23. The van der Waals surface area contributed by atoms with Crippen LogP contribution in [-0.4, -0.2) is 23.6 Å². The first kappa shape index (κ1) is 15.4. The zero-order valence-corrected chi connectivity index (χ0v) is 15.0. The van der Waals surface area contributed by atoms with Crippen molar-refractivity contribution in [2.24, 2.45) is 5.92 Å². The Morgan fingerprint density at radius 2 is 2.14 bits per heavy atom. The predicted molar refractivity (Wildman–Crippen MR) is 94.8 cm³/mol. The number of nitrogens with zero attached hydrogens (tertiary/aromatic N) is 1. The highest BCUT2D eigenvalue weighted by atomic mass is 79.9. The van der Waals surface area contributed by atoms with Crippen LogP contribution in [0.25, 0.3) is 10.9 Å². The quantitative estimate of drug-likeness (QED) is 0.710. The molecule has 2 aromatic rings. The highest BCUT2D eigenvalue weighted by Crippen LogP contribution is 2.37. The molecule has 112 valence electrons. The fraction of sp³-hybridized carbons (Fsp3) is 0.438. The molecule has 2 heterocycles. The van der Waals surface area contributed by atoms with Crippen LogP contribution >= 0.6 is 39.3 Å². The Balaban J connectivity index is 2.04. The minimum atomic E-state index is 0.674. The largest absolute Gasteiger partial charge is 0.481 e. The van der Waals surface area contributed by atoms with E-state index in [2.05, 4.69) is 20.9 Å². The smallest absolute Gasteiger partial charge is 0.218 e. The van der Waals surface area contributed by atoms with Gasteiger partial charge in [0.05, 0.1) is 17.6 Å². The Labute approximate surface area is 142 Å². The molecule has 1 aliphatic heterocycles. The number of benzene rings is 1. The summed E-state index contributed by atoms with van der Waals surface area (Å²) in [4.78, 5) is 4.63. The third-order valence-electron chi connectivity index (χ3n) is 3.97. The molecular formula is C16H17BrClNOS. The Morgan fingerprint density at radius 1 is 1.38 bits per heavy atom. The van der Waals surface area contributed by atoms with Crippen LogP contribution < -0.4 is 4.74 Å². The topological polar surface area (TPSA) is 22.1 Å². The first-order chi connectivity index (χ1) is 10.2. The first-order valence-electron chi connectivity index (χ1n) is 7.08. The number of halogens is 2. The van der Waals surface area contributed by atoms with Gasteiger partial charge in [0.25, 0.3) is 0 Å². The fourth-order valence-electron chi connectivity index (χ4n) is 2.80. The van der Waals surface area contributed by atoms with Gasteiger partial charge in [-0.3, -0.25) is 0 Å². The molecule has 0 atom stereocenters. The summed E-state index contributed by atoms with van der Waals surface area (Å²) in [7, 11) is 1.67. The van der Waals surface area contributed by atoms with Gasteiger partial charge in [-0.2, -0.15) is 11.8 Å². The molecule has 0 saturated carbocycles. The van der Waals surface area contributed by atoms with E-state index in [0.29, 0.717) is 11.8 Å². The van der Waals surface area contributed by atoms with E-state index >= 15 is 0 Å². The summed E-state index contributed by atoms with van der Waals surface area (Å²) in [5.74, 6) is 3.85. The highest BCUT2D eigenvalue weighted by molar-refractivity contribution is 9.10. The van der Waals surface area contributed by atoms with Crippen LogP contribution in [0.5, 0.6) is 5.88 Å². The summed E-state index contributed by atoms with van der Waals surface area (Å²) in [5.41, 5.74) is 1.93. The molecule has 5 heteroatoms. The zero-order valence-electron chi connectivity index (χ0n) is 11.9. The minimum absolute atomic E-state index is 0.674. The van der Waals surface area contributed by atoms with Gasteiger partial charge in [0, 0.05) is 15.4 Å². The number of aromatic nitrogens is 1. The second kappa shape index (κ2) is 6.76. The molecule has 3 rings (SSSR count). The summed E-state index contributed by atoms with van der Waals surface area (Å²) in [6.07, 6.45) is 3.46. The van der Waals surface area contributed by atoms with Gasteiger partial charge in [-0.25, -0.2) is 4.98 Å². The molecule has 21 heavy (non-hydrogen) atoms. The van der Waals surface area contributed by atoms with Crippen molar-refractivity contribution in [3.05, 3.63) is 33.3 Å². The second-order valence-electron chi connectivity index (χ2n) is 5.33.